The van der Waals surface area contributed by atoms with Crippen molar-refractivity contribution in [3.8, 4) is 0 Å². The van der Waals surface area contributed by atoms with Crippen LogP contribution >= 0.6 is 0 Å². The summed E-state index contributed by atoms with van der Waals surface area (Å²) in [5.41, 5.74) is 0.679. The monoisotopic (exact) mass is 310 g/mol. The molecule has 22 heavy (non-hydrogen) atoms. The molecule has 1 nitrogen and oxygen atoms in total. The van der Waals surface area contributed by atoms with Crippen molar-refractivity contribution in [1.29, 1.82) is 0 Å². The average molecular weight is 310 g/mol. The molecule has 3 heteroatoms. The normalized spacial score (nSPS) is 13.5. The molecule has 0 N–H and O–H groups in total. The second-order valence-electron chi connectivity index (χ2n) is 7.84. The highest BCUT2D eigenvalue weighted by Gasteiger charge is 2.25. The summed E-state index contributed by atoms with van der Waals surface area (Å²) in [6, 6.07) is 3.58. The van der Waals surface area contributed by atoms with E-state index in [1.807, 2.05) is 13.8 Å². The number of Topliss-reactive ketones (excluding diaryl/α,β-unsaturated/α-hetero) is 1. The molecule has 0 bridgehead atoms. The van der Waals surface area contributed by atoms with Crippen LogP contribution in [0.5, 0.6) is 0 Å². The first-order valence-corrected chi connectivity index (χ1v) is 8.04. The third-order valence-electron chi connectivity index (χ3n) is 3.63. The van der Waals surface area contributed by atoms with Crippen LogP contribution in [0, 0.1) is 28.9 Å². The van der Waals surface area contributed by atoms with E-state index in [1.54, 1.807) is 0 Å². The Morgan fingerprint density at radius 2 is 1.64 bits per heavy atom. The zero-order valence-corrected chi connectivity index (χ0v) is 14.4. The fourth-order valence-electron chi connectivity index (χ4n) is 2.78. The van der Waals surface area contributed by atoms with E-state index < -0.39 is 11.6 Å². The van der Waals surface area contributed by atoms with Gasteiger partial charge in [0.05, 0.1) is 0 Å². The predicted molar refractivity (Wildman–Crippen MR) is 86.7 cm³/mol. The number of hydrogen-bond acceptors (Lipinski definition) is 1. The summed E-state index contributed by atoms with van der Waals surface area (Å²) < 4.78 is 26.5. The van der Waals surface area contributed by atoms with E-state index >= 15 is 0 Å². The number of halogens is 2. The molecule has 1 aromatic rings. The van der Waals surface area contributed by atoms with E-state index in [2.05, 4.69) is 20.8 Å². The third kappa shape index (κ3) is 7.15. The fraction of sp³-hybridized carbons (Fsp3) is 0.632. The molecule has 0 spiro atoms. The van der Waals surface area contributed by atoms with Gasteiger partial charge in [0.15, 0.2) is 0 Å². The zero-order valence-electron chi connectivity index (χ0n) is 14.4. The topological polar surface area (TPSA) is 17.1 Å². The molecule has 1 rings (SSSR count). The molecule has 0 saturated carbocycles. The lowest BCUT2D eigenvalue weighted by atomic mass is 9.78. The van der Waals surface area contributed by atoms with Gasteiger partial charge in [-0.2, -0.15) is 0 Å². The quantitative estimate of drug-likeness (QED) is 0.644. The maximum absolute atomic E-state index is 13.2. The molecular formula is C19H28F2O. The smallest absolute Gasteiger partial charge is 0.136 e. The number of hydrogen-bond donors (Lipinski definition) is 0. The van der Waals surface area contributed by atoms with E-state index in [0.29, 0.717) is 30.7 Å². The SMILES string of the molecule is CC(C)CC(=O)C(CCc1cc(F)cc(F)c1)CC(C)(C)C. The molecule has 0 aliphatic carbocycles. The van der Waals surface area contributed by atoms with E-state index in [4.69, 9.17) is 0 Å². The van der Waals surface area contributed by atoms with Crippen LogP contribution in [0.2, 0.25) is 0 Å². The number of aryl methyl sites for hydroxylation is 1. The predicted octanol–water partition coefficient (Wildman–Crippen LogP) is 5.57. The molecule has 0 aliphatic rings. The Hall–Kier alpha value is -1.25. The number of carbonyl (C=O) groups excluding carboxylic acids is 1. The lowest BCUT2D eigenvalue weighted by Crippen LogP contribution is -2.23. The minimum absolute atomic E-state index is 0.0475. The Bertz CT molecular complexity index is 480. The average Bonchev–Trinajstić information content (AvgIpc) is 2.30. The zero-order chi connectivity index (χ0) is 16.9. The molecule has 0 radical (unpaired) electrons. The highest BCUT2D eigenvalue weighted by atomic mass is 19.1. The van der Waals surface area contributed by atoms with Crippen molar-refractivity contribution in [2.75, 3.05) is 0 Å². The van der Waals surface area contributed by atoms with E-state index in [1.165, 1.54) is 12.1 Å². The van der Waals surface area contributed by atoms with Gasteiger partial charge in [0.1, 0.15) is 17.4 Å². The second-order valence-corrected chi connectivity index (χ2v) is 7.84. The molecule has 1 unspecified atom stereocenters. The van der Waals surface area contributed by atoms with E-state index in [9.17, 15) is 13.6 Å². The van der Waals surface area contributed by atoms with Crippen molar-refractivity contribution in [3.05, 3.63) is 35.4 Å². The third-order valence-corrected chi connectivity index (χ3v) is 3.63. The Labute approximate surface area is 133 Å². The summed E-state index contributed by atoms with van der Waals surface area (Å²) in [6.07, 6.45) is 2.54. The number of ketones is 1. The molecular weight excluding hydrogens is 282 g/mol. The second kappa shape index (κ2) is 7.85. The van der Waals surface area contributed by atoms with Crippen molar-refractivity contribution in [2.45, 2.75) is 60.3 Å². The molecule has 124 valence electrons. The van der Waals surface area contributed by atoms with Crippen LogP contribution in [0.4, 0.5) is 8.78 Å². The van der Waals surface area contributed by atoms with Crippen molar-refractivity contribution in [1.82, 2.24) is 0 Å². The molecule has 0 aliphatic heterocycles. The largest absolute Gasteiger partial charge is 0.299 e. The highest BCUT2D eigenvalue weighted by molar-refractivity contribution is 5.81. The summed E-state index contributed by atoms with van der Waals surface area (Å²) >= 11 is 0. The number of rotatable bonds is 7. The minimum Gasteiger partial charge on any atom is -0.299 e. The van der Waals surface area contributed by atoms with E-state index in [-0.39, 0.29) is 17.1 Å². The Balaban J connectivity index is 2.77. The summed E-state index contributed by atoms with van der Waals surface area (Å²) in [4.78, 5) is 12.4. The van der Waals surface area contributed by atoms with Gasteiger partial charge in [-0.3, -0.25) is 4.79 Å². The van der Waals surface area contributed by atoms with Crippen molar-refractivity contribution < 1.29 is 13.6 Å². The molecule has 0 aromatic heterocycles. The minimum atomic E-state index is -0.559. The van der Waals surface area contributed by atoms with Gasteiger partial charge in [0.25, 0.3) is 0 Å². The molecule has 0 saturated heterocycles. The van der Waals surface area contributed by atoms with Gasteiger partial charge in [-0.25, -0.2) is 8.78 Å². The van der Waals surface area contributed by atoms with Gasteiger partial charge >= 0.3 is 0 Å². The summed E-state index contributed by atoms with van der Waals surface area (Å²) in [7, 11) is 0. The van der Waals surface area contributed by atoms with Crippen LogP contribution in [-0.4, -0.2) is 5.78 Å². The molecule has 1 aromatic carbocycles. The summed E-state index contributed by atoms with van der Waals surface area (Å²) in [5.74, 6) is -0.566. The highest BCUT2D eigenvalue weighted by Crippen LogP contribution is 2.29. The van der Waals surface area contributed by atoms with E-state index in [0.717, 1.165) is 12.5 Å². The Morgan fingerprint density at radius 1 is 1.09 bits per heavy atom. The van der Waals surface area contributed by atoms with Gasteiger partial charge in [-0.15, -0.1) is 0 Å². The van der Waals surface area contributed by atoms with Crippen LogP contribution in [0.3, 0.4) is 0 Å². The Morgan fingerprint density at radius 3 is 2.09 bits per heavy atom. The first kappa shape index (κ1) is 18.8. The lowest BCUT2D eigenvalue weighted by Gasteiger charge is -2.26. The van der Waals surface area contributed by atoms with Gasteiger partial charge in [-0.05, 0) is 48.3 Å². The summed E-state index contributed by atoms with van der Waals surface area (Å²) in [6.45, 7) is 10.4. The molecule has 0 heterocycles. The van der Waals surface area contributed by atoms with Crippen molar-refractivity contribution >= 4 is 5.78 Å². The summed E-state index contributed by atoms with van der Waals surface area (Å²) in [5, 5.41) is 0. The fourth-order valence-corrected chi connectivity index (χ4v) is 2.78. The molecule has 0 amide bonds. The Kier molecular flexibility index (Phi) is 6.70. The number of carbonyl (C=O) groups is 1. The van der Waals surface area contributed by atoms with Crippen LogP contribution in [0.25, 0.3) is 0 Å². The number of benzene rings is 1. The maximum atomic E-state index is 13.2. The van der Waals surface area contributed by atoms with Gasteiger partial charge < -0.3 is 0 Å². The standard InChI is InChI=1S/C19H28F2O/c1-13(2)8-18(22)15(12-19(3,4)5)7-6-14-9-16(20)11-17(21)10-14/h9-11,13,15H,6-8,12H2,1-5H3. The van der Waals surface area contributed by atoms with Gasteiger partial charge in [-0.1, -0.05) is 34.6 Å². The lowest BCUT2D eigenvalue weighted by molar-refractivity contribution is -0.124. The van der Waals surface area contributed by atoms with Gasteiger partial charge in [0.2, 0.25) is 0 Å². The van der Waals surface area contributed by atoms with Crippen molar-refractivity contribution in [2.24, 2.45) is 17.3 Å². The molecule has 1 atom stereocenters. The first-order chi connectivity index (χ1) is 10.1. The van der Waals surface area contributed by atoms with Crippen LogP contribution in [0.15, 0.2) is 18.2 Å². The van der Waals surface area contributed by atoms with Gasteiger partial charge in [0, 0.05) is 18.4 Å². The van der Waals surface area contributed by atoms with Crippen LogP contribution < -0.4 is 0 Å². The van der Waals surface area contributed by atoms with Crippen LogP contribution in [-0.2, 0) is 11.2 Å². The first-order valence-electron chi connectivity index (χ1n) is 8.04. The van der Waals surface area contributed by atoms with Crippen LogP contribution in [0.1, 0.15) is 59.4 Å². The van der Waals surface area contributed by atoms with Crippen molar-refractivity contribution in [3.63, 3.8) is 0 Å². The maximum Gasteiger partial charge on any atom is 0.136 e. The molecule has 0 fully saturated rings.